The van der Waals surface area contributed by atoms with Gasteiger partial charge in [-0.3, -0.25) is 5.43 Å². The second-order valence-electron chi connectivity index (χ2n) is 2.88. The molecule has 2 heterocycles. The van der Waals surface area contributed by atoms with E-state index >= 15 is 0 Å². The Balaban J connectivity index is 2.51. The van der Waals surface area contributed by atoms with Crippen LogP contribution in [0.4, 0.5) is 5.95 Å². The molecule has 0 aliphatic heterocycles. The number of rotatable bonds is 2. The van der Waals surface area contributed by atoms with Crippen LogP contribution in [-0.4, -0.2) is 9.97 Å². The van der Waals surface area contributed by atoms with Crippen molar-refractivity contribution in [2.24, 2.45) is 5.84 Å². The monoisotopic (exact) mass is 206 g/mol. The predicted octanol–water partition coefficient (Wildman–Crippen LogP) is 1.80. The van der Waals surface area contributed by atoms with Crippen molar-refractivity contribution in [1.29, 1.82) is 0 Å². The zero-order valence-electron chi connectivity index (χ0n) is 7.69. The maximum absolute atomic E-state index is 5.25. The minimum absolute atomic E-state index is 0.441. The highest BCUT2D eigenvalue weighted by Gasteiger charge is 2.05. The highest BCUT2D eigenvalue weighted by molar-refractivity contribution is 7.08. The number of nitrogens with zero attached hydrogens (tertiary/aromatic N) is 2. The lowest BCUT2D eigenvalue weighted by molar-refractivity contribution is 1.10. The lowest BCUT2D eigenvalue weighted by atomic mass is 10.1. The first-order valence-electron chi connectivity index (χ1n) is 4.14. The summed E-state index contributed by atoms with van der Waals surface area (Å²) in [5.41, 5.74) is 5.51. The number of hydrogen-bond acceptors (Lipinski definition) is 5. The first kappa shape index (κ1) is 9.11. The van der Waals surface area contributed by atoms with E-state index in [4.69, 9.17) is 5.84 Å². The van der Waals surface area contributed by atoms with E-state index in [-0.39, 0.29) is 0 Å². The van der Waals surface area contributed by atoms with Crippen LogP contribution in [0, 0.1) is 6.92 Å². The van der Waals surface area contributed by atoms with Crippen LogP contribution in [-0.2, 0) is 0 Å². The maximum Gasteiger partial charge on any atom is 0.237 e. The molecular formula is C9H10N4S. The van der Waals surface area contributed by atoms with Gasteiger partial charge in [0.25, 0.3) is 0 Å². The summed E-state index contributed by atoms with van der Waals surface area (Å²) in [6, 6.07) is 2.03. The fraction of sp³-hybridized carbons (Fsp3) is 0.111. The topological polar surface area (TPSA) is 63.8 Å². The zero-order valence-corrected chi connectivity index (χ0v) is 8.51. The molecule has 5 heteroatoms. The molecule has 0 fully saturated rings. The summed E-state index contributed by atoms with van der Waals surface area (Å²) in [7, 11) is 0. The van der Waals surface area contributed by atoms with E-state index in [0.717, 1.165) is 16.8 Å². The highest BCUT2D eigenvalue weighted by atomic mass is 32.1. The quantitative estimate of drug-likeness (QED) is 0.581. The number of anilines is 1. The third-order valence-electron chi connectivity index (χ3n) is 1.90. The van der Waals surface area contributed by atoms with Crippen molar-refractivity contribution in [3.05, 3.63) is 28.6 Å². The number of nitrogens with two attached hydrogens (primary N) is 1. The Morgan fingerprint density at radius 1 is 1.50 bits per heavy atom. The molecule has 2 aromatic heterocycles. The van der Waals surface area contributed by atoms with Gasteiger partial charge in [0, 0.05) is 17.1 Å². The minimum atomic E-state index is 0.441. The van der Waals surface area contributed by atoms with E-state index in [2.05, 4.69) is 20.8 Å². The molecule has 0 aliphatic rings. The van der Waals surface area contributed by atoms with Gasteiger partial charge in [0.05, 0.1) is 5.69 Å². The van der Waals surface area contributed by atoms with E-state index < -0.39 is 0 Å². The molecule has 0 amide bonds. The van der Waals surface area contributed by atoms with Gasteiger partial charge in [0.15, 0.2) is 0 Å². The van der Waals surface area contributed by atoms with E-state index in [9.17, 15) is 0 Å². The third kappa shape index (κ3) is 1.59. The van der Waals surface area contributed by atoms with Gasteiger partial charge in [-0.25, -0.2) is 15.8 Å². The van der Waals surface area contributed by atoms with Crippen LogP contribution in [0.5, 0.6) is 0 Å². The first-order valence-corrected chi connectivity index (χ1v) is 5.08. The van der Waals surface area contributed by atoms with Gasteiger partial charge in [-0.15, -0.1) is 0 Å². The molecule has 14 heavy (non-hydrogen) atoms. The molecule has 0 saturated heterocycles. The largest absolute Gasteiger partial charge is 0.292 e. The van der Waals surface area contributed by atoms with Gasteiger partial charge in [-0.05, 0) is 23.9 Å². The number of hydrogen-bond donors (Lipinski definition) is 2. The normalized spacial score (nSPS) is 10.1. The number of hydrazine groups is 1. The van der Waals surface area contributed by atoms with Crippen LogP contribution < -0.4 is 11.3 Å². The Hall–Kier alpha value is -1.46. The number of aryl methyl sites for hydroxylation is 1. The Bertz CT molecular complexity index is 424. The summed E-state index contributed by atoms with van der Waals surface area (Å²) in [6.45, 7) is 1.98. The van der Waals surface area contributed by atoms with Crippen molar-refractivity contribution in [2.75, 3.05) is 5.43 Å². The third-order valence-corrected chi connectivity index (χ3v) is 2.58. The van der Waals surface area contributed by atoms with Crippen LogP contribution in [0.2, 0.25) is 0 Å². The summed E-state index contributed by atoms with van der Waals surface area (Å²) < 4.78 is 0. The van der Waals surface area contributed by atoms with Crippen molar-refractivity contribution >= 4 is 17.3 Å². The number of nitrogens with one attached hydrogen (secondary N) is 1. The number of thiophene rings is 1. The SMILES string of the molecule is Cc1cnc(NN)nc1-c1ccsc1. The van der Waals surface area contributed by atoms with Crippen LogP contribution in [0.15, 0.2) is 23.0 Å². The van der Waals surface area contributed by atoms with Gasteiger partial charge in [0.1, 0.15) is 0 Å². The molecule has 3 N–H and O–H groups in total. The summed E-state index contributed by atoms with van der Waals surface area (Å²) >= 11 is 1.64. The molecule has 0 spiro atoms. The van der Waals surface area contributed by atoms with E-state index in [0.29, 0.717) is 5.95 Å². The van der Waals surface area contributed by atoms with Gasteiger partial charge < -0.3 is 0 Å². The van der Waals surface area contributed by atoms with Crippen LogP contribution in [0.25, 0.3) is 11.3 Å². The first-order chi connectivity index (χ1) is 6.81. The van der Waals surface area contributed by atoms with Crippen molar-refractivity contribution in [3.63, 3.8) is 0 Å². The van der Waals surface area contributed by atoms with Gasteiger partial charge in [-0.2, -0.15) is 11.3 Å². The van der Waals surface area contributed by atoms with Crippen LogP contribution in [0.3, 0.4) is 0 Å². The molecule has 0 atom stereocenters. The van der Waals surface area contributed by atoms with Gasteiger partial charge in [0.2, 0.25) is 5.95 Å². The molecule has 2 aromatic rings. The molecule has 4 nitrogen and oxygen atoms in total. The molecule has 2 rings (SSSR count). The Morgan fingerprint density at radius 3 is 3.00 bits per heavy atom. The Kier molecular flexibility index (Phi) is 2.43. The van der Waals surface area contributed by atoms with Gasteiger partial charge in [-0.1, -0.05) is 0 Å². The smallest absolute Gasteiger partial charge is 0.237 e. The summed E-state index contributed by atoms with van der Waals surface area (Å²) in [6.07, 6.45) is 1.76. The van der Waals surface area contributed by atoms with Crippen molar-refractivity contribution in [3.8, 4) is 11.3 Å². The number of aromatic nitrogens is 2. The second kappa shape index (κ2) is 3.73. The molecule has 0 bridgehead atoms. The number of nitrogen functional groups attached to an aromatic ring is 1. The van der Waals surface area contributed by atoms with Crippen molar-refractivity contribution in [2.45, 2.75) is 6.92 Å². The second-order valence-corrected chi connectivity index (χ2v) is 3.66. The lowest BCUT2D eigenvalue weighted by Crippen LogP contribution is -2.10. The van der Waals surface area contributed by atoms with Crippen molar-refractivity contribution < 1.29 is 0 Å². The molecule has 0 aromatic carbocycles. The summed E-state index contributed by atoms with van der Waals surface area (Å²) in [5.74, 6) is 5.69. The minimum Gasteiger partial charge on any atom is -0.292 e. The fourth-order valence-corrected chi connectivity index (χ4v) is 1.84. The van der Waals surface area contributed by atoms with Gasteiger partial charge >= 0.3 is 0 Å². The summed E-state index contributed by atoms with van der Waals surface area (Å²) in [4.78, 5) is 8.32. The zero-order chi connectivity index (χ0) is 9.97. The fourth-order valence-electron chi connectivity index (χ4n) is 1.20. The molecule has 72 valence electrons. The average molecular weight is 206 g/mol. The Labute approximate surface area is 85.8 Å². The van der Waals surface area contributed by atoms with Crippen molar-refractivity contribution in [1.82, 2.24) is 9.97 Å². The van der Waals surface area contributed by atoms with E-state index in [1.54, 1.807) is 17.5 Å². The molecule has 0 saturated carbocycles. The van der Waals surface area contributed by atoms with E-state index in [1.165, 1.54) is 0 Å². The predicted molar refractivity (Wildman–Crippen MR) is 57.9 cm³/mol. The highest BCUT2D eigenvalue weighted by Crippen LogP contribution is 2.23. The molecule has 0 aliphatic carbocycles. The maximum atomic E-state index is 5.25. The average Bonchev–Trinajstić information content (AvgIpc) is 2.71. The standard InChI is InChI=1S/C9H10N4S/c1-6-4-11-9(13-10)12-8(6)7-2-3-14-5-7/h2-5H,10H2,1H3,(H,11,12,13). The summed E-state index contributed by atoms with van der Waals surface area (Å²) in [5, 5.41) is 4.07. The molecular weight excluding hydrogens is 196 g/mol. The van der Waals surface area contributed by atoms with E-state index in [1.807, 2.05) is 18.4 Å². The van der Waals surface area contributed by atoms with Crippen LogP contribution >= 0.6 is 11.3 Å². The van der Waals surface area contributed by atoms with Crippen LogP contribution in [0.1, 0.15) is 5.56 Å². The Morgan fingerprint density at radius 2 is 2.36 bits per heavy atom. The lowest BCUT2D eigenvalue weighted by Gasteiger charge is -2.04. The molecule has 0 unspecified atom stereocenters. The molecule has 0 radical (unpaired) electrons.